The van der Waals surface area contributed by atoms with Crippen molar-refractivity contribution in [3.63, 3.8) is 0 Å². The summed E-state index contributed by atoms with van der Waals surface area (Å²) in [4.78, 5) is 27.4. The van der Waals surface area contributed by atoms with E-state index in [0.29, 0.717) is 43.4 Å². The second-order valence-electron chi connectivity index (χ2n) is 8.29. The molecule has 1 N–H and O–H groups in total. The molecule has 1 aliphatic carbocycles. The highest BCUT2D eigenvalue weighted by atomic mass is 16.5. The quantitative estimate of drug-likeness (QED) is 0.456. The molecule has 1 aliphatic heterocycles. The zero-order valence-electron chi connectivity index (χ0n) is 19.8. The van der Waals surface area contributed by atoms with Gasteiger partial charge in [-0.2, -0.15) is 5.10 Å². The standard InChI is InChI=1S/C27H25N5O4/c1-35-16-17-36-15-14-32(27(34)25-22-8-4-5-9-23(22)28-30-25)19-12-10-18(11-13-19)24-20-6-2-3-7-21(20)26(33)31-29-24/h2-13,21H,14-17H2,1H3,(H,28,30). The van der Waals surface area contributed by atoms with Crippen molar-refractivity contribution < 1.29 is 19.1 Å². The number of methoxy groups -OCH3 is 1. The van der Waals surface area contributed by atoms with Crippen molar-refractivity contribution in [3.8, 4) is 0 Å². The van der Waals surface area contributed by atoms with Gasteiger partial charge in [-0.1, -0.05) is 54.6 Å². The van der Waals surface area contributed by atoms with Crippen LogP contribution in [0.3, 0.4) is 0 Å². The SMILES string of the molecule is COCCOCCN(C(=O)c1n[nH]c2ccccc12)c1ccc(C2=C3C=CC=CC3C(=O)N=N2)cc1. The molecule has 2 heterocycles. The zero-order chi connectivity index (χ0) is 24.9. The molecule has 2 aliphatic rings. The maximum atomic E-state index is 13.6. The summed E-state index contributed by atoms with van der Waals surface area (Å²) >= 11 is 0. The number of ether oxygens (including phenoxy) is 2. The number of para-hydroxylation sites is 1. The van der Waals surface area contributed by atoms with E-state index < -0.39 is 5.92 Å². The van der Waals surface area contributed by atoms with E-state index in [0.717, 1.165) is 22.0 Å². The lowest BCUT2D eigenvalue weighted by Gasteiger charge is -2.23. The Morgan fingerprint density at radius 3 is 2.69 bits per heavy atom. The van der Waals surface area contributed by atoms with E-state index in [1.807, 2.05) is 72.8 Å². The number of anilines is 1. The van der Waals surface area contributed by atoms with Gasteiger partial charge in [0.05, 0.1) is 37.0 Å². The second-order valence-corrected chi connectivity index (χ2v) is 8.29. The van der Waals surface area contributed by atoms with Crippen LogP contribution in [0.4, 0.5) is 5.69 Å². The summed E-state index contributed by atoms with van der Waals surface area (Å²) in [6.45, 7) is 1.59. The van der Waals surface area contributed by atoms with E-state index in [9.17, 15) is 9.59 Å². The monoisotopic (exact) mass is 483 g/mol. The van der Waals surface area contributed by atoms with Crippen LogP contribution in [0.25, 0.3) is 16.6 Å². The Labute approximate surface area is 207 Å². The Hall–Kier alpha value is -4.21. The van der Waals surface area contributed by atoms with Gasteiger partial charge in [0.25, 0.3) is 11.8 Å². The lowest BCUT2D eigenvalue weighted by atomic mass is 9.89. The Bertz CT molecular complexity index is 1400. The van der Waals surface area contributed by atoms with Gasteiger partial charge in [0, 0.05) is 30.3 Å². The van der Waals surface area contributed by atoms with E-state index in [2.05, 4.69) is 20.4 Å². The molecule has 1 aromatic heterocycles. The van der Waals surface area contributed by atoms with E-state index >= 15 is 0 Å². The molecule has 9 nitrogen and oxygen atoms in total. The number of carbonyl (C=O) groups is 2. The van der Waals surface area contributed by atoms with Gasteiger partial charge >= 0.3 is 0 Å². The number of nitrogens with zero attached hydrogens (tertiary/aromatic N) is 4. The number of allylic oxidation sites excluding steroid dienone is 3. The third-order valence-corrected chi connectivity index (χ3v) is 6.08. The highest BCUT2D eigenvalue weighted by Gasteiger charge is 2.28. The average molecular weight is 484 g/mol. The van der Waals surface area contributed by atoms with Crippen LogP contribution in [0.15, 0.2) is 88.6 Å². The summed E-state index contributed by atoms with van der Waals surface area (Å²) in [6.07, 6.45) is 7.43. The van der Waals surface area contributed by atoms with Crippen LogP contribution in [0.5, 0.6) is 0 Å². The minimum atomic E-state index is -0.419. The molecule has 0 fully saturated rings. The van der Waals surface area contributed by atoms with Gasteiger partial charge in [0.2, 0.25) is 0 Å². The largest absolute Gasteiger partial charge is 0.382 e. The molecule has 5 rings (SSSR count). The molecule has 0 saturated carbocycles. The first kappa shape index (κ1) is 23.5. The summed E-state index contributed by atoms with van der Waals surface area (Å²) in [5.74, 6) is -0.930. The number of azo groups is 1. The molecule has 1 unspecified atom stereocenters. The summed E-state index contributed by atoms with van der Waals surface area (Å²) < 4.78 is 10.7. The fraction of sp³-hybridized carbons (Fsp3) is 0.222. The molecule has 0 radical (unpaired) electrons. The van der Waals surface area contributed by atoms with Crippen LogP contribution < -0.4 is 4.90 Å². The molecule has 2 amide bonds. The molecule has 9 heteroatoms. The van der Waals surface area contributed by atoms with Gasteiger partial charge in [-0.25, -0.2) is 0 Å². The van der Waals surface area contributed by atoms with Gasteiger partial charge in [0.15, 0.2) is 5.69 Å². The number of aromatic amines is 1. The Morgan fingerprint density at radius 1 is 1.03 bits per heavy atom. The van der Waals surface area contributed by atoms with Crippen molar-refractivity contribution >= 4 is 34.1 Å². The fourth-order valence-corrected chi connectivity index (χ4v) is 4.23. The smallest absolute Gasteiger partial charge is 0.279 e. The molecule has 0 spiro atoms. The first-order chi connectivity index (χ1) is 17.7. The Morgan fingerprint density at radius 2 is 1.86 bits per heavy atom. The molecule has 3 aromatic rings. The van der Waals surface area contributed by atoms with E-state index in [4.69, 9.17) is 9.47 Å². The van der Waals surface area contributed by atoms with Crippen molar-refractivity contribution in [3.05, 3.63) is 89.7 Å². The number of H-pyrrole nitrogens is 1. The topological polar surface area (TPSA) is 109 Å². The van der Waals surface area contributed by atoms with Gasteiger partial charge in [-0.15, -0.1) is 10.2 Å². The highest BCUT2D eigenvalue weighted by Crippen LogP contribution is 2.34. The van der Waals surface area contributed by atoms with E-state index in [1.54, 1.807) is 12.0 Å². The van der Waals surface area contributed by atoms with Crippen molar-refractivity contribution in [2.75, 3.05) is 38.4 Å². The molecule has 2 aromatic carbocycles. The van der Waals surface area contributed by atoms with Crippen LogP contribution >= 0.6 is 0 Å². The number of hydrogen-bond acceptors (Lipinski definition) is 6. The van der Waals surface area contributed by atoms with Crippen LogP contribution in [-0.4, -0.2) is 55.5 Å². The van der Waals surface area contributed by atoms with Crippen molar-refractivity contribution in [2.24, 2.45) is 16.1 Å². The number of hydrogen-bond donors (Lipinski definition) is 1. The molecule has 182 valence electrons. The van der Waals surface area contributed by atoms with Crippen molar-refractivity contribution in [1.82, 2.24) is 10.2 Å². The molecule has 1 atom stereocenters. The second kappa shape index (κ2) is 10.6. The lowest BCUT2D eigenvalue weighted by Crippen LogP contribution is -2.34. The molecular weight excluding hydrogens is 458 g/mol. The number of nitrogens with one attached hydrogen (secondary N) is 1. The third kappa shape index (κ3) is 4.66. The number of aromatic nitrogens is 2. The maximum absolute atomic E-state index is 13.6. The third-order valence-electron chi connectivity index (χ3n) is 6.08. The molecule has 0 bridgehead atoms. The number of benzene rings is 2. The maximum Gasteiger partial charge on any atom is 0.279 e. The summed E-state index contributed by atoms with van der Waals surface area (Å²) in [5, 5.41) is 16.0. The normalized spacial score (nSPS) is 16.6. The summed E-state index contributed by atoms with van der Waals surface area (Å²) in [6, 6.07) is 15.0. The minimum absolute atomic E-state index is 0.235. The Kier molecular flexibility index (Phi) is 6.92. The number of amides is 2. The molecular formula is C27H25N5O4. The Balaban J connectivity index is 1.44. The van der Waals surface area contributed by atoms with Gasteiger partial charge in [0.1, 0.15) is 0 Å². The first-order valence-corrected chi connectivity index (χ1v) is 11.6. The van der Waals surface area contributed by atoms with Crippen molar-refractivity contribution in [1.29, 1.82) is 0 Å². The summed E-state index contributed by atoms with van der Waals surface area (Å²) in [7, 11) is 1.61. The number of carbonyl (C=O) groups excluding carboxylic acids is 2. The predicted octanol–water partition coefficient (Wildman–Crippen LogP) is 4.32. The van der Waals surface area contributed by atoms with Gasteiger partial charge in [-0.05, 0) is 23.8 Å². The molecule has 36 heavy (non-hydrogen) atoms. The van der Waals surface area contributed by atoms with Crippen LogP contribution in [0.1, 0.15) is 16.1 Å². The first-order valence-electron chi connectivity index (χ1n) is 11.6. The average Bonchev–Trinajstić information content (AvgIpc) is 3.35. The fourth-order valence-electron chi connectivity index (χ4n) is 4.23. The zero-order valence-corrected chi connectivity index (χ0v) is 19.8. The van der Waals surface area contributed by atoms with Gasteiger partial charge < -0.3 is 14.4 Å². The predicted molar refractivity (Wildman–Crippen MR) is 135 cm³/mol. The minimum Gasteiger partial charge on any atom is -0.382 e. The van der Waals surface area contributed by atoms with Crippen molar-refractivity contribution in [2.45, 2.75) is 0 Å². The lowest BCUT2D eigenvalue weighted by molar-refractivity contribution is -0.119. The number of fused-ring (bicyclic) bond motifs is 2. The van der Waals surface area contributed by atoms with E-state index in [1.165, 1.54) is 0 Å². The molecule has 0 saturated heterocycles. The highest BCUT2D eigenvalue weighted by molar-refractivity contribution is 6.12. The van der Waals surface area contributed by atoms with E-state index in [-0.39, 0.29) is 11.8 Å². The summed E-state index contributed by atoms with van der Waals surface area (Å²) in [5.41, 5.74) is 4.10. The van der Waals surface area contributed by atoms with Crippen LogP contribution in [0, 0.1) is 5.92 Å². The van der Waals surface area contributed by atoms with Gasteiger partial charge in [-0.3, -0.25) is 14.7 Å². The van der Waals surface area contributed by atoms with Crippen LogP contribution in [0.2, 0.25) is 0 Å². The number of rotatable bonds is 9. The van der Waals surface area contributed by atoms with Crippen LogP contribution in [-0.2, 0) is 14.3 Å².